The lowest BCUT2D eigenvalue weighted by molar-refractivity contribution is -0.384. The molecule has 0 unspecified atom stereocenters. The van der Waals surface area contributed by atoms with Crippen LogP contribution in [0.15, 0.2) is 24.3 Å². The zero-order valence-corrected chi connectivity index (χ0v) is 8.66. The van der Waals surface area contributed by atoms with E-state index in [2.05, 4.69) is 0 Å². The molecule has 4 nitrogen and oxygen atoms in total. The molecule has 0 aliphatic heterocycles. The number of nitrogens with two attached hydrogens (primary N) is 1. The van der Waals surface area contributed by atoms with Gasteiger partial charge in [-0.05, 0) is 18.9 Å². The summed E-state index contributed by atoms with van der Waals surface area (Å²) in [6.07, 6.45) is 0.748. The van der Waals surface area contributed by atoms with Crippen molar-refractivity contribution in [2.45, 2.75) is 19.4 Å². The molecule has 0 fully saturated rings. The van der Waals surface area contributed by atoms with Gasteiger partial charge in [0.1, 0.15) is 0 Å². The van der Waals surface area contributed by atoms with Gasteiger partial charge in [-0.3, -0.25) is 10.1 Å². The highest BCUT2D eigenvalue weighted by Crippen LogP contribution is 2.12. The smallest absolute Gasteiger partial charge is 0.269 e. The second kappa shape index (κ2) is 5.57. The van der Waals surface area contributed by atoms with Gasteiger partial charge in [0.2, 0.25) is 0 Å². The Morgan fingerprint density at radius 3 is 2.29 bits per heavy atom. The molecule has 0 aliphatic carbocycles. The molecule has 1 rings (SSSR count). The summed E-state index contributed by atoms with van der Waals surface area (Å²) in [7, 11) is 0. The number of benzene rings is 1. The third-order valence-electron chi connectivity index (χ3n) is 1.70. The Morgan fingerprint density at radius 1 is 1.43 bits per heavy atom. The van der Waals surface area contributed by atoms with Gasteiger partial charge in [-0.1, -0.05) is 12.1 Å². The lowest BCUT2D eigenvalue weighted by atomic mass is 10.1. The summed E-state index contributed by atoms with van der Waals surface area (Å²) in [5, 5.41) is 10.3. The molecule has 0 heterocycles. The molecular weight excluding hydrogens is 204 g/mol. The Balaban J connectivity index is 0.00000169. The number of hydrogen-bond donors (Lipinski definition) is 1. The van der Waals surface area contributed by atoms with Crippen LogP contribution in [0.2, 0.25) is 0 Å². The summed E-state index contributed by atoms with van der Waals surface area (Å²) in [5.41, 5.74) is 6.74. The maximum Gasteiger partial charge on any atom is 0.269 e. The largest absolute Gasteiger partial charge is 0.328 e. The van der Waals surface area contributed by atoms with Crippen LogP contribution in [-0.4, -0.2) is 11.0 Å². The van der Waals surface area contributed by atoms with Crippen molar-refractivity contribution in [1.82, 2.24) is 0 Å². The van der Waals surface area contributed by atoms with Crippen molar-refractivity contribution >= 4 is 18.1 Å². The van der Waals surface area contributed by atoms with Crippen molar-refractivity contribution < 1.29 is 4.92 Å². The van der Waals surface area contributed by atoms with E-state index in [1.54, 1.807) is 12.1 Å². The Bertz CT molecular complexity index is 298. The molecule has 5 heteroatoms. The van der Waals surface area contributed by atoms with E-state index in [0.29, 0.717) is 0 Å². The van der Waals surface area contributed by atoms with E-state index in [0.717, 1.165) is 12.0 Å². The van der Waals surface area contributed by atoms with Crippen molar-refractivity contribution in [3.8, 4) is 0 Å². The van der Waals surface area contributed by atoms with Crippen LogP contribution in [0.25, 0.3) is 0 Å². The molecule has 0 amide bonds. The lowest BCUT2D eigenvalue weighted by Gasteiger charge is -2.03. The van der Waals surface area contributed by atoms with E-state index >= 15 is 0 Å². The van der Waals surface area contributed by atoms with Gasteiger partial charge in [-0.25, -0.2) is 0 Å². The molecule has 1 aromatic rings. The minimum Gasteiger partial charge on any atom is -0.328 e. The zero-order chi connectivity index (χ0) is 9.84. The van der Waals surface area contributed by atoms with Crippen molar-refractivity contribution in [3.63, 3.8) is 0 Å². The van der Waals surface area contributed by atoms with E-state index in [9.17, 15) is 10.1 Å². The van der Waals surface area contributed by atoms with Crippen LogP contribution < -0.4 is 5.73 Å². The summed E-state index contributed by atoms with van der Waals surface area (Å²) in [6, 6.07) is 6.56. The van der Waals surface area contributed by atoms with E-state index < -0.39 is 4.92 Å². The molecule has 1 atom stereocenters. The predicted molar refractivity (Wildman–Crippen MR) is 57.7 cm³/mol. The van der Waals surface area contributed by atoms with Gasteiger partial charge >= 0.3 is 0 Å². The van der Waals surface area contributed by atoms with Crippen molar-refractivity contribution in [2.75, 3.05) is 0 Å². The summed E-state index contributed by atoms with van der Waals surface area (Å²) < 4.78 is 0. The molecule has 0 radical (unpaired) electrons. The van der Waals surface area contributed by atoms with E-state index in [-0.39, 0.29) is 24.1 Å². The number of nitrogens with zero attached hydrogens (tertiary/aromatic N) is 1. The van der Waals surface area contributed by atoms with Gasteiger partial charge in [0.25, 0.3) is 5.69 Å². The summed E-state index contributed by atoms with van der Waals surface area (Å²) in [4.78, 5) is 9.91. The van der Waals surface area contributed by atoms with Gasteiger partial charge in [-0.2, -0.15) is 0 Å². The molecular formula is C9H13ClN2O2. The summed E-state index contributed by atoms with van der Waals surface area (Å²) >= 11 is 0. The Hall–Kier alpha value is -1.13. The number of non-ortho nitro benzene ring substituents is 1. The zero-order valence-electron chi connectivity index (χ0n) is 7.84. The highest BCUT2D eigenvalue weighted by Gasteiger charge is 2.04. The highest BCUT2D eigenvalue weighted by atomic mass is 35.5. The van der Waals surface area contributed by atoms with Gasteiger partial charge in [0.05, 0.1) is 4.92 Å². The average Bonchev–Trinajstić information content (AvgIpc) is 2.04. The van der Waals surface area contributed by atoms with Crippen LogP contribution in [0.5, 0.6) is 0 Å². The van der Waals surface area contributed by atoms with Crippen molar-refractivity contribution in [3.05, 3.63) is 39.9 Å². The number of nitro groups is 1. The topological polar surface area (TPSA) is 69.2 Å². The van der Waals surface area contributed by atoms with E-state index in [1.807, 2.05) is 6.92 Å². The fourth-order valence-electron chi connectivity index (χ4n) is 1.13. The quantitative estimate of drug-likeness (QED) is 0.620. The van der Waals surface area contributed by atoms with Crippen LogP contribution in [0.4, 0.5) is 5.69 Å². The van der Waals surface area contributed by atoms with Crippen LogP contribution in [0.1, 0.15) is 12.5 Å². The average molecular weight is 217 g/mol. The van der Waals surface area contributed by atoms with Gasteiger partial charge in [-0.15, -0.1) is 12.4 Å². The summed E-state index contributed by atoms with van der Waals surface area (Å²) in [5.74, 6) is 0. The first-order chi connectivity index (χ1) is 6.09. The first-order valence-corrected chi connectivity index (χ1v) is 4.08. The lowest BCUT2D eigenvalue weighted by Crippen LogP contribution is -2.17. The maximum absolute atomic E-state index is 10.3. The van der Waals surface area contributed by atoms with Crippen LogP contribution in [-0.2, 0) is 6.42 Å². The molecule has 0 aromatic heterocycles. The third kappa shape index (κ3) is 3.72. The second-order valence-electron chi connectivity index (χ2n) is 3.10. The molecule has 0 bridgehead atoms. The molecule has 0 saturated heterocycles. The minimum absolute atomic E-state index is 0. The number of rotatable bonds is 3. The van der Waals surface area contributed by atoms with E-state index in [1.165, 1.54) is 12.1 Å². The van der Waals surface area contributed by atoms with E-state index in [4.69, 9.17) is 5.73 Å². The summed E-state index contributed by atoms with van der Waals surface area (Å²) in [6.45, 7) is 1.90. The predicted octanol–water partition coefficient (Wildman–Crippen LogP) is 1.91. The SMILES string of the molecule is C[C@@H](N)Cc1ccc([N+](=O)[O-])cc1.Cl. The molecule has 0 saturated carbocycles. The maximum atomic E-state index is 10.3. The van der Waals surface area contributed by atoms with Crippen LogP contribution >= 0.6 is 12.4 Å². The third-order valence-corrected chi connectivity index (χ3v) is 1.70. The molecule has 1 aromatic carbocycles. The fourth-order valence-corrected chi connectivity index (χ4v) is 1.13. The number of hydrogen-bond acceptors (Lipinski definition) is 3. The molecule has 0 spiro atoms. The van der Waals surface area contributed by atoms with Crippen LogP contribution in [0.3, 0.4) is 0 Å². The fraction of sp³-hybridized carbons (Fsp3) is 0.333. The number of halogens is 1. The van der Waals surface area contributed by atoms with Gasteiger partial charge in [0, 0.05) is 18.2 Å². The first-order valence-electron chi connectivity index (χ1n) is 4.08. The van der Waals surface area contributed by atoms with Crippen molar-refractivity contribution in [2.24, 2.45) is 5.73 Å². The van der Waals surface area contributed by atoms with Gasteiger partial charge < -0.3 is 5.73 Å². The first kappa shape index (κ1) is 12.9. The molecule has 0 aliphatic rings. The molecule has 2 N–H and O–H groups in total. The molecule has 14 heavy (non-hydrogen) atoms. The monoisotopic (exact) mass is 216 g/mol. The van der Waals surface area contributed by atoms with Gasteiger partial charge in [0.15, 0.2) is 0 Å². The second-order valence-corrected chi connectivity index (χ2v) is 3.10. The standard InChI is InChI=1S/C9H12N2O2.ClH/c1-7(10)6-8-2-4-9(5-3-8)11(12)13;/h2-5,7H,6,10H2,1H3;1H/t7-;/m1./s1. The normalized spacial score (nSPS) is 11.6. The van der Waals surface area contributed by atoms with Crippen molar-refractivity contribution in [1.29, 1.82) is 0 Å². The number of nitro benzene ring substituents is 1. The highest BCUT2D eigenvalue weighted by molar-refractivity contribution is 5.85. The minimum atomic E-state index is -0.407. The Morgan fingerprint density at radius 2 is 1.93 bits per heavy atom. The molecule has 78 valence electrons. The van der Waals surface area contributed by atoms with Crippen LogP contribution in [0, 0.1) is 10.1 Å². The Kier molecular flexibility index (Phi) is 5.12. The Labute approximate surface area is 88.7 Å².